The van der Waals surface area contributed by atoms with Gasteiger partial charge in [-0.2, -0.15) is 0 Å². The first-order valence-corrected chi connectivity index (χ1v) is 14.1. The topological polar surface area (TPSA) is 79.1 Å². The summed E-state index contributed by atoms with van der Waals surface area (Å²) >= 11 is 0. The predicted octanol–water partition coefficient (Wildman–Crippen LogP) is 6.59. The van der Waals surface area contributed by atoms with Crippen molar-refractivity contribution in [2.45, 2.75) is 124 Å². The molecule has 0 radical (unpaired) electrons. The van der Waals surface area contributed by atoms with Crippen molar-refractivity contribution in [1.82, 2.24) is 0 Å². The van der Waals surface area contributed by atoms with E-state index in [0.717, 1.165) is 37.0 Å². The second kappa shape index (κ2) is 9.41. The van der Waals surface area contributed by atoms with E-state index in [1.165, 1.54) is 45.4 Å². The Morgan fingerprint density at radius 3 is 2.47 bits per heavy atom. The van der Waals surface area contributed by atoms with Gasteiger partial charge in [-0.15, -0.1) is 0 Å². The molecule has 4 rings (SSSR count). The van der Waals surface area contributed by atoms with Crippen LogP contribution in [0.15, 0.2) is 5.16 Å². The van der Waals surface area contributed by atoms with Gasteiger partial charge in [-0.05, 0) is 85.9 Å². The first-order valence-electron chi connectivity index (χ1n) is 14.1. The predicted molar refractivity (Wildman–Crippen MR) is 135 cm³/mol. The average molecular weight is 476 g/mol. The molecule has 34 heavy (non-hydrogen) atoms. The number of carbonyl (C=O) groups excluding carboxylic acids is 1. The number of nitrogens with zero attached hydrogens (tertiary/aromatic N) is 1. The molecule has 0 aromatic heterocycles. The minimum atomic E-state index is -1.20. The maximum absolute atomic E-state index is 12.0. The Hall–Kier alpha value is -1.10. The molecule has 4 unspecified atom stereocenters. The van der Waals surface area contributed by atoms with Crippen LogP contribution in [-0.4, -0.2) is 33.7 Å². The van der Waals surface area contributed by atoms with Crippen LogP contribution in [0.3, 0.4) is 0 Å². The van der Waals surface area contributed by atoms with Crippen LogP contribution in [0.4, 0.5) is 0 Å². The van der Waals surface area contributed by atoms with E-state index in [1.54, 1.807) is 0 Å². The summed E-state index contributed by atoms with van der Waals surface area (Å²) < 4.78 is 5.52. The highest BCUT2D eigenvalue weighted by atomic mass is 16.5. The van der Waals surface area contributed by atoms with E-state index in [9.17, 15) is 15.1 Å². The summed E-state index contributed by atoms with van der Waals surface area (Å²) in [6.07, 6.45) is 11.2. The van der Waals surface area contributed by atoms with Gasteiger partial charge in [-0.1, -0.05) is 59.0 Å². The molecule has 4 aliphatic rings. The second-order valence-electron chi connectivity index (χ2n) is 13.4. The van der Waals surface area contributed by atoms with Crippen molar-refractivity contribution >= 4 is 11.7 Å². The lowest BCUT2D eigenvalue weighted by atomic mass is 9.42. The third-order valence-corrected chi connectivity index (χ3v) is 11.3. The largest absolute Gasteiger partial charge is 0.462 e. The number of oxime groups is 1. The molecule has 0 aromatic rings. The van der Waals surface area contributed by atoms with Gasteiger partial charge in [0.1, 0.15) is 11.7 Å². The van der Waals surface area contributed by atoms with E-state index < -0.39 is 5.60 Å². The van der Waals surface area contributed by atoms with Crippen LogP contribution in [0, 0.1) is 46.3 Å². The van der Waals surface area contributed by atoms with E-state index >= 15 is 0 Å². The zero-order valence-corrected chi connectivity index (χ0v) is 22.5. The molecule has 0 saturated heterocycles. The van der Waals surface area contributed by atoms with Crippen molar-refractivity contribution in [3.63, 3.8) is 0 Å². The quantitative estimate of drug-likeness (QED) is 0.258. The minimum absolute atomic E-state index is 0.304. The lowest BCUT2D eigenvalue weighted by Crippen LogP contribution is -2.67. The van der Waals surface area contributed by atoms with Gasteiger partial charge >= 0.3 is 5.97 Å². The highest BCUT2D eigenvalue weighted by Gasteiger charge is 2.67. The van der Waals surface area contributed by atoms with Gasteiger partial charge in [-0.3, -0.25) is 4.79 Å². The third kappa shape index (κ3) is 4.12. The molecule has 4 saturated carbocycles. The van der Waals surface area contributed by atoms with E-state index in [4.69, 9.17) is 4.74 Å². The Labute approximate surface area is 207 Å². The second-order valence-corrected chi connectivity index (χ2v) is 13.4. The molecule has 4 aliphatic carbocycles. The number of aliphatic hydroxyl groups is 1. The van der Waals surface area contributed by atoms with Crippen LogP contribution in [0.2, 0.25) is 0 Å². The Balaban J connectivity index is 1.56. The zero-order valence-electron chi connectivity index (χ0n) is 22.5. The Kier molecular flexibility index (Phi) is 7.19. The van der Waals surface area contributed by atoms with Crippen molar-refractivity contribution in [2.75, 3.05) is 0 Å². The average Bonchev–Trinajstić information content (AvgIpc) is 3.11. The van der Waals surface area contributed by atoms with Crippen molar-refractivity contribution < 1.29 is 19.8 Å². The minimum Gasteiger partial charge on any atom is -0.462 e. The van der Waals surface area contributed by atoms with Gasteiger partial charge in [0.25, 0.3) is 0 Å². The molecule has 0 aliphatic heterocycles. The molecule has 0 amide bonds. The zero-order chi connectivity index (χ0) is 24.9. The van der Waals surface area contributed by atoms with Gasteiger partial charge in [0.2, 0.25) is 0 Å². The Morgan fingerprint density at radius 2 is 1.82 bits per heavy atom. The van der Waals surface area contributed by atoms with Gasteiger partial charge in [0.15, 0.2) is 0 Å². The molecular weight excluding hydrogens is 426 g/mol. The van der Waals surface area contributed by atoms with E-state index in [2.05, 4.69) is 39.8 Å². The Morgan fingerprint density at radius 1 is 1.09 bits per heavy atom. The first kappa shape index (κ1) is 26.0. The fourth-order valence-electron chi connectivity index (χ4n) is 9.51. The molecule has 194 valence electrons. The van der Waals surface area contributed by atoms with Crippen molar-refractivity contribution in [1.29, 1.82) is 0 Å². The van der Waals surface area contributed by atoms with Gasteiger partial charge in [0.05, 0.1) is 5.71 Å². The number of carbonyl (C=O) groups is 1. The molecule has 0 aromatic carbocycles. The summed E-state index contributed by atoms with van der Waals surface area (Å²) in [5.74, 6) is 3.53. The van der Waals surface area contributed by atoms with Gasteiger partial charge in [-0.25, -0.2) is 0 Å². The fourth-order valence-corrected chi connectivity index (χ4v) is 9.51. The maximum atomic E-state index is 12.0. The molecule has 0 heterocycles. The van der Waals surface area contributed by atoms with Crippen LogP contribution in [-0.2, 0) is 9.53 Å². The highest BCUT2D eigenvalue weighted by Crippen LogP contribution is 2.68. The van der Waals surface area contributed by atoms with Crippen LogP contribution >= 0.6 is 0 Å². The van der Waals surface area contributed by atoms with Crippen molar-refractivity contribution in [2.24, 2.45) is 51.5 Å². The van der Waals surface area contributed by atoms with E-state index in [1.807, 2.05) is 0 Å². The molecule has 2 N–H and O–H groups in total. The fraction of sp³-hybridized carbons (Fsp3) is 0.931. The monoisotopic (exact) mass is 475 g/mol. The number of esters is 1. The summed E-state index contributed by atoms with van der Waals surface area (Å²) in [5, 5.41) is 25.8. The normalized spacial score (nSPS) is 46.0. The molecule has 5 nitrogen and oxygen atoms in total. The van der Waals surface area contributed by atoms with Gasteiger partial charge in [0, 0.05) is 18.8 Å². The standard InChI is InChI=1S/C29H49NO4/c1-18(2)8-7-9-19(3)23-10-11-24-22-16-26(30-33)29(32)17-21(34-20(4)31)12-15-28(29,6)25(22)13-14-27(23,24)5/h18-19,21-25,32-33H,7-17H2,1-6H3/t19-,21+,22?,23?,24?,25?,27-,28-,29-/m1/s1. The van der Waals surface area contributed by atoms with Crippen LogP contribution < -0.4 is 0 Å². The molecule has 0 bridgehead atoms. The molecule has 9 atom stereocenters. The van der Waals surface area contributed by atoms with E-state index in [0.29, 0.717) is 41.7 Å². The molecule has 0 spiro atoms. The number of fused-ring (bicyclic) bond motifs is 5. The Bertz CT molecular complexity index is 795. The summed E-state index contributed by atoms with van der Waals surface area (Å²) in [6, 6.07) is 0. The lowest BCUT2D eigenvalue weighted by Gasteiger charge is -2.64. The number of ether oxygens (including phenoxy) is 1. The number of hydrogen-bond acceptors (Lipinski definition) is 5. The molecule has 5 heteroatoms. The molecular formula is C29H49NO4. The SMILES string of the molecule is CC(=O)O[C@H]1CC[C@]2(C)C3CC[C@@]4(C)C(CCC4[C@H](C)CCCC(C)C)C3CC(=NO)[C@]2(O)C1. The highest BCUT2D eigenvalue weighted by molar-refractivity contribution is 5.94. The summed E-state index contributed by atoms with van der Waals surface area (Å²) in [5.41, 5.74) is -0.654. The van der Waals surface area contributed by atoms with Crippen molar-refractivity contribution in [3.8, 4) is 0 Å². The van der Waals surface area contributed by atoms with Crippen LogP contribution in [0.25, 0.3) is 0 Å². The van der Waals surface area contributed by atoms with E-state index in [-0.39, 0.29) is 17.5 Å². The van der Waals surface area contributed by atoms with Crippen LogP contribution in [0.5, 0.6) is 0 Å². The number of hydrogen-bond donors (Lipinski definition) is 2. The number of rotatable bonds is 6. The van der Waals surface area contributed by atoms with Crippen molar-refractivity contribution in [3.05, 3.63) is 0 Å². The first-order chi connectivity index (χ1) is 16.0. The maximum Gasteiger partial charge on any atom is 0.302 e. The summed E-state index contributed by atoms with van der Waals surface area (Å²) in [4.78, 5) is 11.6. The summed E-state index contributed by atoms with van der Waals surface area (Å²) in [7, 11) is 0. The van der Waals surface area contributed by atoms with Gasteiger partial charge < -0.3 is 15.1 Å². The third-order valence-electron chi connectivity index (χ3n) is 11.3. The summed E-state index contributed by atoms with van der Waals surface area (Å²) in [6.45, 7) is 13.3. The lowest BCUT2D eigenvalue weighted by molar-refractivity contribution is -0.183. The smallest absolute Gasteiger partial charge is 0.302 e. The van der Waals surface area contributed by atoms with Crippen LogP contribution in [0.1, 0.15) is 112 Å². The molecule has 4 fully saturated rings.